The first kappa shape index (κ1) is 15.9. The van der Waals surface area contributed by atoms with E-state index >= 15 is 0 Å². The third-order valence-corrected chi connectivity index (χ3v) is 3.99. The van der Waals surface area contributed by atoms with Crippen molar-refractivity contribution < 1.29 is 14.6 Å². The summed E-state index contributed by atoms with van der Waals surface area (Å²) < 4.78 is 5.36. The monoisotopic (exact) mass is 292 g/mol. The highest BCUT2D eigenvalue weighted by Gasteiger charge is 2.31. The van der Waals surface area contributed by atoms with Crippen LogP contribution in [0.5, 0.6) is 0 Å². The lowest BCUT2D eigenvalue weighted by Gasteiger charge is -2.35. The minimum atomic E-state index is -0.0646. The van der Waals surface area contributed by atoms with E-state index in [0.29, 0.717) is 0 Å². The molecule has 116 valence electrons. The first-order valence-corrected chi connectivity index (χ1v) is 7.39. The Morgan fingerprint density at radius 2 is 1.95 bits per heavy atom. The van der Waals surface area contributed by atoms with E-state index in [4.69, 9.17) is 4.74 Å². The second-order valence-electron chi connectivity index (χ2n) is 5.75. The van der Waals surface area contributed by atoms with Gasteiger partial charge in [-0.1, -0.05) is 12.1 Å². The molecule has 21 heavy (non-hydrogen) atoms. The normalized spacial score (nSPS) is 17.4. The molecule has 0 saturated carbocycles. The smallest absolute Gasteiger partial charge is 0.221 e. The molecule has 0 aliphatic carbocycles. The average molecular weight is 292 g/mol. The number of carbonyl (C=O) groups excluding carboxylic acids is 1. The van der Waals surface area contributed by atoms with E-state index in [1.807, 2.05) is 24.3 Å². The molecule has 0 spiro atoms. The molecule has 1 saturated heterocycles. The van der Waals surface area contributed by atoms with E-state index in [1.54, 1.807) is 0 Å². The Kier molecular flexibility index (Phi) is 5.73. The van der Waals surface area contributed by atoms with Gasteiger partial charge in [-0.25, -0.2) is 0 Å². The summed E-state index contributed by atoms with van der Waals surface area (Å²) >= 11 is 0. The maximum absolute atomic E-state index is 11.0. The van der Waals surface area contributed by atoms with Gasteiger partial charge in [0.2, 0.25) is 5.91 Å². The summed E-state index contributed by atoms with van der Waals surface area (Å²) in [4.78, 5) is 11.0. The van der Waals surface area contributed by atoms with Gasteiger partial charge >= 0.3 is 0 Å². The minimum absolute atomic E-state index is 0.0472. The number of rotatable bonds is 6. The molecule has 1 aliphatic heterocycles. The summed E-state index contributed by atoms with van der Waals surface area (Å²) in [6.07, 6.45) is 1.80. The Balaban J connectivity index is 1.81. The number of amides is 1. The first-order valence-electron chi connectivity index (χ1n) is 7.39. The molecule has 1 aromatic carbocycles. The van der Waals surface area contributed by atoms with Crippen LogP contribution in [0.4, 0.5) is 5.69 Å². The average Bonchev–Trinajstić information content (AvgIpc) is 2.49. The number of nitrogens with one attached hydrogen (secondary N) is 2. The number of hydrogen-bond donors (Lipinski definition) is 3. The molecule has 2 rings (SSSR count). The molecule has 5 heteroatoms. The fourth-order valence-corrected chi connectivity index (χ4v) is 2.58. The summed E-state index contributed by atoms with van der Waals surface area (Å²) in [5.41, 5.74) is 1.92. The molecule has 5 nitrogen and oxygen atoms in total. The van der Waals surface area contributed by atoms with Crippen LogP contribution in [-0.2, 0) is 16.1 Å². The zero-order valence-electron chi connectivity index (χ0n) is 12.5. The van der Waals surface area contributed by atoms with Crippen LogP contribution in [0.1, 0.15) is 25.3 Å². The third-order valence-electron chi connectivity index (χ3n) is 3.99. The summed E-state index contributed by atoms with van der Waals surface area (Å²) in [5, 5.41) is 15.8. The van der Waals surface area contributed by atoms with Gasteiger partial charge in [-0.05, 0) is 30.5 Å². The van der Waals surface area contributed by atoms with Crippen LogP contribution < -0.4 is 10.6 Å². The van der Waals surface area contributed by atoms with Gasteiger partial charge in [0.25, 0.3) is 0 Å². The van der Waals surface area contributed by atoms with Crippen molar-refractivity contribution in [1.29, 1.82) is 0 Å². The van der Waals surface area contributed by atoms with Gasteiger partial charge in [-0.2, -0.15) is 0 Å². The van der Waals surface area contributed by atoms with Crippen LogP contribution in [0.3, 0.4) is 0 Å². The van der Waals surface area contributed by atoms with E-state index in [-0.39, 0.29) is 17.9 Å². The van der Waals surface area contributed by atoms with E-state index < -0.39 is 0 Å². The zero-order valence-corrected chi connectivity index (χ0v) is 12.5. The highest BCUT2D eigenvalue weighted by molar-refractivity contribution is 5.88. The van der Waals surface area contributed by atoms with Crippen molar-refractivity contribution in [2.75, 3.05) is 31.7 Å². The summed E-state index contributed by atoms with van der Waals surface area (Å²) in [7, 11) is 0. The summed E-state index contributed by atoms with van der Waals surface area (Å²) in [6, 6.07) is 7.78. The predicted molar refractivity (Wildman–Crippen MR) is 82.0 cm³/mol. The van der Waals surface area contributed by atoms with Gasteiger partial charge in [0.05, 0.1) is 6.61 Å². The Morgan fingerprint density at radius 3 is 2.52 bits per heavy atom. The zero-order chi connectivity index (χ0) is 15.1. The molecular formula is C16H24N2O3. The second kappa shape index (κ2) is 7.54. The Bertz CT molecular complexity index is 453. The molecule has 0 atom stereocenters. The SMILES string of the molecule is CC(=O)Nc1ccc(CNCC2(CO)CCOCC2)cc1. The van der Waals surface area contributed by atoms with Crippen LogP contribution in [-0.4, -0.2) is 37.4 Å². The van der Waals surface area contributed by atoms with Gasteiger partial charge in [-0.3, -0.25) is 4.79 Å². The third kappa shape index (κ3) is 4.81. The van der Waals surface area contributed by atoms with E-state index in [2.05, 4.69) is 10.6 Å². The number of carbonyl (C=O) groups is 1. The molecule has 1 fully saturated rings. The maximum Gasteiger partial charge on any atom is 0.221 e. The topological polar surface area (TPSA) is 70.6 Å². The number of aliphatic hydroxyl groups is 1. The molecule has 1 aliphatic rings. The number of aliphatic hydroxyl groups excluding tert-OH is 1. The largest absolute Gasteiger partial charge is 0.396 e. The Labute approximate surface area is 125 Å². The van der Waals surface area contributed by atoms with Crippen LogP contribution in [0.2, 0.25) is 0 Å². The summed E-state index contributed by atoms with van der Waals surface area (Å²) in [5.74, 6) is -0.0646. The standard InChI is InChI=1S/C16H24N2O3/c1-13(20)18-15-4-2-14(3-5-15)10-17-11-16(12-19)6-8-21-9-7-16/h2-5,17,19H,6-12H2,1H3,(H,18,20). The quantitative estimate of drug-likeness (QED) is 0.743. The lowest BCUT2D eigenvalue weighted by Crippen LogP contribution is -2.41. The van der Waals surface area contributed by atoms with Crippen molar-refractivity contribution in [2.45, 2.75) is 26.3 Å². The second-order valence-corrected chi connectivity index (χ2v) is 5.75. The highest BCUT2D eigenvalue weighted by Crippen LogP contribution is 2.29. The first-order chi connectivity index (χ1) is 10.1. The minimum Gasteiger partial charge on any atom is -0.396 e. The number of hydrogen-bond acceptors (Lipinski definition) is 4. The lowest BCUT2D eigenvalue weighted by molar-refractivity contribution is -0.114. The number of anilines is 1. The van der Waals surface area contributed by atoms with Crippen molar-refractivity contribution in [3.63, 3.8) is 0 Å². The highest BCUT2D eigenvalue weighted by atomic mass is 16.5. The molecule has 1 amide bonds. The molecular weight excluding hydrogens is 268 g/mol. The molecule has 0 aromatic heterocycles. The van der Waals surface area contributed by atoms with E-state index in [0.717, 1.165) is 50.4 Å². The van der Waals surface area contributed by atoms with E-state index in [9.17, 15) is 9.90 Å². The van der Waals surface area contributed by atoms with Gasteiger partial charge in [-0.15, -0.1) is 0 Å². The summed E-state index contributed by atoms with van der Waals surface area (Å²) in [6.45, 7) is 4.70. The number of benzene rings is 1. The maximum atomic E-state index is 11.0. The molecule has 1 heterocycles. The van der Waals surface area contributed by atoms with Crippen LogP contribution in [0, 0.1) is 5.41 Å². The fourth-order valence-electron chi connectivity index (χ4n) is 2.58. The lowest BCUT2D eigenvalue weighted by atomic mass is 9.81. The van der Waals surface area contributed by atoms with Crippen molar-refractivity contribution >= 4 is 11.6 Å². The van der Waals surface area contributed by atoms with Gasteiger partial charge < -0.3 is 20.5 Å². The number of ether oxygens (including phenoxy) is 1. The van der Waals surface area contributed by atoms with Crippen molar-refractivity contribution in [1.82, 2.24) is 5.32 Å². The predicted octanol–water partition coefficient (Wildman–Crippen LogP) is 1.52. The van der Waals surface area contributed by atoms with Gasteiger partial charge in [0.15, 0.2) is 0 Å². The Morgan fingerprint density at radius 1 is 1.29 bits per heavy atom. The molecule has 0 radical (unpaired) electrons. The Hall–Kier alpha value is -1.43. The van der Waals surface area contributed by atoms with Crippen LogP contribution >= 0.6 is 0 Å². The molecule has 0 bridgehead atoms. The van der Waals surface area contributed by atoms with Crippen molar-refractivity contribution in [2.24, 2.45) is 5.41 Å². The fraction of sp³-hybridized carbons (Fsp3) is 0.562. The van der Waals surface area contributed by atoms with Crippen LogP contribution in [0.25, 0.3) is 0 Å². The van der Waals surface area contributed by atoms with Crippen molar-refractivity contribution in [3.05, 3.63) is 29.8 Å². The van der Waals surface area contributed by atoms with Gasteiger partial charge in [0.1, 0.15) is 0 Å². The van der Waals surface area contributed by atoms with E-state index in [1.165, 1.54) is 6.92 Å². The van der Waals surface area contributed by atoms with Gasteiger partial charge in [0, 0.05) is 44.3 Å². The van der Waals surface area contributed by atoms with Crippen molar-refractivity contribution in [3.8, 4) is 0 Å². The molecule has 0 unspecified atom stereocenters. The van der Waals surface area contributed by atoms with Crippen LogP contribution in [0.15, 0.2) is 24.3 Å². The molecule has 1 aromatic rings. The molecule has 3 N–H and O–H groups in total.